The van der Waals surface area contributed by atoms with Crippen molar-refractivity contribution >= 4 is 64.1 Å². The minimum Gasteiger partial charge on any atom is -0.462 e. The predicted molar refractivity (Wildman–Crippen MR) is 132 cm³/mol. The van der Waals surface area contributed by atoms with E-state index in [4.69, 9.17) is 27.9 Å². The topological polar surface area (TPSA) is 142 Å². The summed E-state index contributed by atoms with van der Waals surface area (Å²) in [4.78, 5) is 56.8. The minimum atomic E-state index is -1.08. The minimum absolute atomic E-state index is 0.0221. The summed E-state index contributed by atoms with van der Waals surface area (Å²) in [5.41, 5.74) is 0.574. The van der Waals surface area contributed by atoms with Crippen molar-refractivity contribution in [2.45, 2.75) is 19.3 Å². The molecule has 1 aliphatic rings. The molecule has 2 amide bonds. The molecule has 0 aliphatic carbocycles. The number of anilines is 4. The molecule has 12 heteroatoms. The molecule has 3 aromatic rings. The maximum absolute atomic E-state index is 13.0. The van der Waals surface area contributed by atoms with Crippen molar-refractivity contribution in [1.82, 2.24) is 9.97 Å². The van der Waals surface area contributed by atoms with E-state index in [-0.39, 0.29) is 30.4 Å². The summed E-state index contributed by atoms with van der Waals surface area (Å²) in [6.07, 6.45) is -0.236. The van der Waals surface area contributed by atoms with Gasteiger partial charge in [-0.05, 0) is 49.4 Å². The van der Waals surface area contributed by atoms with E-state index in [0.717, 1.165) is 0 Å². The highest BCUT2D eigenvalue weighted by Gasteiger charge is 2.35. The number of carbonyl (C=O) groups excluding carboxylic acids is 3. The first-order chi connectivity index (χ1) is 16.7. The van der Waals surface area contributed by atoms with Crippen molar-refractivity contribution < 1.29 is 19.1 Å². The van der Waals surface area contributed by atoms with Gasteiger partial charge >= 0.3 is 5.97 Å². The van der Waals surface area contributed by atoms with Crippen LogP contribution >= 0.6 is 23.2 Å². The Hall–Kier alpha value is -3.89. The van der Waals surface area contributed by atoms with Crippen LogP contribution in [-0.2, 0) is 14.3 Å². The van der Waals surface area contributed by atoms with Crippen LogP contribution in [0.15, 0.2) is 47.3 Å². The molecule has 0 unspecified atom stereocenters. The third kappa shape index (κ3) is 5.44. The number of hydrogen-bond donors (Lipinski definition) is 4. The second-order valence-electron chi connectivity index (χ2n) is 7.52. The maximum Gasteiger partial charge on any atom is 0.338 e. The van der Waals surface area contributed by atoms with E-state index in [2.05, 4.69) is 25.9 Å². The first-order valence-electron chi connectivity index (χ1n) is 10.5. The molecule has 2 aromatic carbocycles. The number of aromatic amines is 1. The number of rotatable bonds is 6. The van der Waals surface area contributed by atoms with E-state index in [1.807, 2.05) is 0 Å². The Bertz CT molecular complexity index is 1370. The molecule has 35 heavy (non-hydrogen) atoms. The van der Waals surface area contributed by atoms with Crippen LogP contribution < -0.4 is 21.5 Å². The molecule has 0 spiro atoms. The first kappa shape index (κ1) is 24.2. The molecule has 0 fully saturated rings. The van der Waals surface area contributed by atoms with Crippen molar-refractivity contribution in [3.05, 3.63) is 74.0 Å². The monoisotopic (exact) mass is 515 g/mol. The van der Waals surface area contributed by atoms with Gasteiger partial charge in [0.05, 0.1) is 34.4 Å². The van der Waals surface area contributed by atoms with Crippen molar-refractivity contribution in [1.29, 1.82) is 0 Å². The molecule has 4 rings (SSSR count). The second-order valence-corrected chi connectivity index (χ2v) is 8.36. The fraction of sp³-hybridized carbons (Fsp3) is 0.174. The van der Waals surface area contributed by atoms with Crippen molar-refractivity contribution in [3.8, 4) is 0 Å². The number of amides is 2. The van der Waals surface area contributed by atoms with E-state index in [0.29, 0.717) is 27.0 Å². The number of halogens is 2. The Morgan fingerprint density at radius 2 is 1.89 bits per heavy atom. The van der Waals surface area contributed by atoms with Crippen LogP contribution in [-0.4, -0.2) is 34.4 Å². The summed E-state index contributed by atoms with van der Waals surface area (Å²) in [5.74, 6) is -2.61. The number of benzene rings is 2. The summed E-state index contributed by atoms with van der Waals surface area (Å²) in [5, 5.41) is 8.80. The van der Waals surface area contributed by atoms with Crippen molar-refractivity contribution in [2.75, 3.05) is 22.6 Å². The Kier molecular flexibility index (Phi) is 7.04. The highest BCUT2D eigenvalue weighted by Crippen LogP contribution is 2.31. The SMILES string of the molecule is CCOC(=O)c1ccc(NC(=O)[C@H]2CC(=O)Nc3nc(Nc4ccc(Cl)cc4Cl)[nH]c(=O)c32)cc1. The van der Waals surface area contributed by atoms with Gasteiger partial charge in [0.1, 0.15) is 5.82 Å². The second kappa shape index (κ2) is 10.2. The van der Waals surface area contributed by atoms with Crippen LogP contribution in [0.5, 0.6) is 0 Å². The van der Waals surface area contributed by atoms with Gasteiger partial charge in [0, 0.05) is 17.1 Å². The normalized spacial score (nSPS) is 14.5. The van der Waals surface area contributed by atoms with Gasteiger partial charge in [-0.3, -0.25) is 19.4 Å². The Morgan fingerprint density at radius 1 is 1.14 bits per heavy atom. The van der Waals surface area contributed by atoms with Crippen LogP contribution in [0.4, 0.5) is 23.1 Å². The van der Waals surface area contributed by atoms with Gasteiger partial charge in [-0.15, -0.1) is 0 Å². The van der Waals surface area contributed by atoms with Crippen LogP contribution in [0.1, 0.15) is 35.2 Å². The van der Waals surface area contributed by atoms with Crippen molar-refractivity contribution in [2.24, 2.45) is 0 Å². The number of carbonyl (C=O) groups is 3. The quantitative estimate of drug-likeness (QED) is 0.362. The van der Waals surface area contributed by atoms with Gasteiger partial charge in [0.25, 0.3) is 5.56 Å². The Morgan fingerprint density at radius 3 is 2.57 bits per heavy atom. The Labute approximate surface area is 209 Å². The van der Waals surface area contributed by atoms with Gasteiger partial charge in [-0.25, -0.2) is 4.79 Å². The summed E-state index contributed by atoms with van der Waals surface area (Å²) >= 11 is 12.1. The van der Waals surface area contributed by atoms with E-state index < -0.39 is 29.3 Å². The van der Waals surface area contributed by atoms with E-state index in [9.17, 15) is 19.2 Å². The van der Waals surface area contributed by atoms with Crippen LogP contribution in [0, 0.1) is 0 Å². The molecule has 0 saturated carbocycles. The van der Waals surface area contributed by atoms with Crippen LogP contribution in [0.3, 0.4) is 0 Å². The zero-order valence-electron chi connectivity index (χ0n) is 18.3. The number of ether oxygens (including phenoxy) is 1. The molecule has 0 saturated heterocycles. The lowest BCUT2D eigenvalue weighted by molar-refractivity contribution is -0.123. The fourth-order valence-electron chi connectivity index (χ4n) is 3.51. The van der Waals surface area contributed by atoms with Crippen LogP contribution in [0.25, 0.3) is 0 Å². The molecule has 4 N–H and O–H groups in total. The average Bonchev–Trinajstić information content (AvgIpc) is 2.80. The predicted octanol–water partition coefficient (Wildman–Crippen LogP) is 4.06. The molecule has 10 nitrogen and oxygen atoms in total. The van der Waals surface area contributed by atoms with Crippen molar-refractivity contribution in [3.63, 3.8) is 0 Å². The van der Waals surface area contributed by atoms with Gasteiger partial charge in [-0.2, -0.15) is 4.98 Å². The van der Waals surface area contributed by atoms with Gasteiger partial charge in [0.2, 0.25) is 17.8 Å². The highest BCUT2D eigenvalue weighted by molar-refractivity contribution is 6.36. The lowest BCUT2D eigenvalue weighted by Crippen LogP contribution is -2.36. The first-order valence-corrected chi connectivity index (χ1v) is 11.2. The summed E-state index contributed by atoms with van der Waals surface area (Å²) < 4.78 is 4.93. The number of H-pyrrole nitrogens is 1. The number of nitrogens with zero attached hydrogens (tertiary/aromatic N) is 1. The summed E-state index contributed by atoms with van der Waals surface area (Å²) in [6.45, 7) is 1.94. The average molecular weight is 516 g/mol. The molecule has 1 aliphatic heterocycles. The van der Waals surface area contributed by atoms with Gasteiger partial charge < -0.3 is 20.7 Å². The number of fused-ring (bicyclic) bond motifs is 1. The number of esters is 1. The largest absolute Gasteiger partial charge is 0.462 e. The van der Waals surface area contributed by atoms with E-state index in [1.165, 1.54) is 30.3 Å². The zero-order valence-corrected chi connectivity index (χ0v) is 19.8. The maximum atomic E-state index is 13.0. The molecular weight excluding hydrogens is 497 g/mol. The molecule has 0 radical (unpaired) electrons. The van der Waals surface area contributed by atoms with Gasteiger partial charge in [0.15, 0.2) is 0 Å². The number of hydrogen-bond acceptors (Lipinski definition) is 7. The van der Waals surface area contributed by atoms with E-state index in [1.54, 1.807) is 19.1 Å². The third-order valence-corrected chi connectivity index (χ3v) is 5.66. The molecule has 180 valence electrons. The van der Waals surface area contributed by atoms with Crippen LogP contribution in [0.2, 0.25) is 10.0 Å². The standard InChI is InChI=1S/C23H19Cl2N5O5/c1-2-35-22(34)11-3-6-13(7-4-11)26-20(32)14-10-17(31)28-19-18(14)21(33)30-23(29-19)27-16-8-5-12(24)9-15(16)25/h3-9,14H,2,10H2,1H3,(H,26,32)(H3,27,28,29,30,31,33)/t14-/m0/s1. The summed E-state index contributed by atoms with van der Waals surface area (Å²) in [6, 6.07) is 10.8. The molecule has 0 bridgehead atoms. The molecular formula is C23H19Cl2N5O5. The fourth-order valence-corrected chi connectivity index (χ4v) is 3.96. The molecule has 1 atom stereocenters. The molecule has 1 aromatic heterocycles. The highest BCUT2D eigenvalue weighted by atomic mass is 35.5. The zero-order chi connectivity index (χ0) is 25.1. The summed E-state index contributed by atoms with van der Waals surface area (Å²) in [7, 11) is 0. The number of aromatic nitrogens is 2. The lowest BCUT2D eigenvalue weighted by Gasteiger charge is -2.23. The van der Waals surface area contributed by atoms with Gasteiger partial charge in [-0.1, -0.05) is 23.2 Å². The lowest BCUT2D eigenvalue weighted by atomic mass is 9.92. The Balaban J connectivity index is 1.57. The third-order valence-electron chi connectivity index (χ3n) is 5.12. The number of nitrogens with one attached hydrogen (secondary N) is 4. The molecule has 2 heterocycles. The van der Waals surface area contributed by atoms with E-state index >= 15 is 0 Å². The smallest absolute Gasteiger partial charge is 0.338 e.